The summed E-state index contributed by atoms with van der Waals surface area (Å²) in [5.41, 5.74) is 7.46. The van der Waals surface area contributed by atoms with Crippen LogP contribution in [0.15, 0.2) is 18.2 Å². The van der Waals surface area contributed by atoms with Crippen LogP contribution in [0.3, 0.4) is 0 Å². The number of rotatable bonds is 12. The predicted molar refractivity (Wildman–Crippen MR) is 122 cm³/mol. The number of carboxylic acid groups (broad SMARTS) is 2. The zero-order valence-electron chi connectivity index (χ0n) is 19.1. The molecule has 2 aromatic rings. The monoisotopic (exact) mass is 444 g/mol. The summed E-state index contributed by atoms with van der Waals surface area (Å²) in [6.07, 6.45) is 2.36. The Hall–Kier alpha value is -3.36. The highest BCUT2D eigenvalue weighted by Gasteiger charge is 2.30. The minimum Gasteiger partial charge on any atom is -0.496 e. The summed E-state index contributed by atoms with van der Waals surface area (Å²) in [5, 5.41) is 22.1. The van der Waals surface area contributed by atoms with Gasteiger partial charge in [0.15, 0.2) is 0 Å². The molecule has 9 heteroatoms. The zero-order chi connectivity index (χ0) is 23.9. The molecule has 1 aromatic heterocycles. The lowest BCUT2D eigenvalue weighted by Gasteiger charge is -2.22. The van der Waals surface area contributed by atoms with Crippen LogP contribution in [0, 0.1) is 0 Å². The number of carbonyl (C=O) groups is 2. The second-order valence-electron chi connectivity index (χ2n) is 8.16. The molecule has 174 valence electrons. The van der Waals surface area contributed by atoms with E-state index in [0.29, 0.717) is 35.8 Å². The summed E-state index contributed by atoms with van der Waals surface area (Å²) in [5.74, 6) is -0.655. The molecule has 1 heterocycles. The van der Waals surface area contributed by atoms with Gasteiger partial charge >= 0.3 is 11.9 Å². The number of unbranched alkanes of at least 4 members (excludes halogenated alkanes) is 1. The summed E-state index contributed by atoms with van der Waals surface area (Å²) in [6, 6.07) is 5.29. The van der Waals surface area contributed by atoms with Crippen LogP contribution in [0.25, 0.3) is 0 Å². The third-order valence-electron chi connectivity index (χ3n) is 5.41. The normalized spacial score (nSPS) is 11.2. The number of aryl methyl sites for hydroxylation is 1. The van der Waals surface area contributed by atoms with Crippen molar-refractivity contribution in [2.45, 2.75) is 58.3 Å². The first-order valence-electron chi connectivity index (χ1n) is 10.6. The number of nitrogens with two attached hydrogens (primary N) is 1. The van der Waals surface area contributed by atoms with Gasteiger partial charge in [0.05, 0.1) is 24.6 Å². The lowest BCUT2D eigenvalue weighted by molar-refractivity contribution is -0.142. The number of hydrogen-bond acceptors (Lipinski definition) is 7. The average molecular weight is 445 g/mol. The molecule has 9 nitrogen and oxygen atoms in total. The maximum absolute atomic E-state index is 11.8. The number of aromatic nitrogens is 2. The minimum atomic E-state index is -1.09. The molecule has 0 aliphatic rings. The van der Waals surface area contributed by atoms with Gasteiger partial charge in [0, 0.05) is 24.9 Å². The van der Waals surface area contributed by atoms with Crippen LogP contribution >= 0.6 is 0 Å². The predicted octanol–water partition coefficient (Wildman–Crippen LogP) is 3.25. The van der Waals surface area contributed by atoms with E-state index >= 15 is 0 Å². The third-order valence-corrected chi connectivity index (χ3v) is 5.41. The standard InChI is InChI=1S/C23H32N4O5/c1-5-6-11-25-20-16(17(8-10-19(28)29)26-22(24)27-20)13-14-12-15(7-9-18(14)32-4)23(2,3)21(30)31/h7,9,12H,5-6,8,10-11,13H2,1-4H3,(H,28,29)(H,30,31)(H3,24,25,26,27). The molecule has 0 aliphatic heterocycles. The van der Waals surface area contributed by atoms with Gasteiger partial charge in [0.1, 0.15) is 11.6 Å². The number of ether oxygens (including phenoxy) is 1. The molecule has 0 atom stereocenters. The quantitative estimate of drug-likeness (QED) is 0.362. The van der Waals surface area contributed by atoms with Crippen LogP contribution in [0.1, 0.15) is 62.4 Å². The van der Waals surface area contributed by atoms with Crippen molar-refractivity contribution in [3.63, 3.8) is 0 Å². The molecule has 2 rings (SSSR count). The van der Waals surface area contributed by atoms with E-state index in [9.17, 15) is 14.7 Å². The lowest BCUT2D eigenvalue weighted by Crippen LogP contribution is -2.28. The number of nitrogen functional groups attached to an aromatic ring is 1. The smallest absolute Gasteiger partial charge is 0.313 e. The van der Waals surface area contributed by atoms with Gasteiger partial charge in [-0.1, -0.05) is 25.5 Å². The van der Waals surface area contributed by atoms with Crippen molar-refractivity contribution in [2.75, 3.05) is 24.7 Å². The number of methoxy groups -OCH3 is 1. The summed E-state index contributed by atoms with van der Waals surface area (Å²) in [7, 11) is 1.55. The highest BCUT2D eigenvalue weighted by atomic mass is 16.5. The molecule has 0 aliphatic carbocycles. The molecular weight excluding hydrogens is 412 g/mol. The van der Waals surface area contributed by atoms with Crippen molar-refractivity contribution in [3.05, 3.63) is 40.6 Å². The Morgan fingerprint density at radius 1 is 1.22 bits per heavy atom. The summed E-state index contributed by atoms with van der Waals surface area (Å²) in [6.45, 7) is 6.05. The minimum absolute atomic E-state index is 0.0702. The van der Waals surface area contributed by atoms with Gasteiger partial charge in [-0.05, 0) is 37.5 Å². The van der Waals surface area contributed by atoms with Crippen molar-refractivity contribution in [2.24, 2.45) is 0 Å². The first-order valence-corrected chi connectivity index (χ1v) is 10.6. The maximum Gasteiger partial charge on any atom is 0.313 e. The second-order valence-corrected chi connectivity index (χ2v) is 8.16. The van der Waals surface area contributed by atoms with Crippen LogP contribution in [0.4, 0.5) is 11.8 Å². The lowest BCUT2D eigenvalue weighted by atomic mass is 9.83. The summed E-state index contributed by atoms with van der Waals surface area (Å²) < 4.78 is 5.52. The van der Waals surface area contributed by atoms with Crippen LogP contribution in [-0.2, 0) is 27.8 Å². The van der Waals surface area contributed by atoms with Gasteiger partial charge in [-0.25, -0.2) is 4.98 Å². The van der Waals surface area contributed by atoms with Crippen molar-refractivity contribution in [1.29, 1.82) is 0 Å². The van der Waals surface area contributed by atoms with Crippen LogP contribution < -0.4 is 15.8 Å². The second kappa shape index (κ2) is 10.8. The molecular formula is C23H32N4O5. The molecule has 0 unspecified atom stereocenters. The van der Waals surface area contributed by atoms with E-state index in [4.69, 9.17) is 15.6 Å². The van der Waals surface area contributed by atoms with Gasteiger partial charge in [-0.3, -0.25) is 9.59 Å². The molecule has 0 saturated carbocycles. The highest BCUT2D eigenvalue weighted by Crippen LogP contribution is 2.32. The fraction of sp³-hybridized carbons (Fsp3) is 0.478. The van der Waals surface area contributed by atoms with Crippen molar-refractivity contribution >= 4 is 23.7 Å². The van der Waals surface area contributed by atoms with E-state index in [1.54, 1.807) is 39.2 Å². The molecule has 1 aromatic carbocycles. The summed E-state index contributed by atoms with van der Waals surface area (Å²) in [4.78, 5) is 31.6. The molecule has 0 bridgehead atoms. The SMILES string of the molecule is CCCCNc1nc(N)nc(CCC(=O)O)c1Cc1cc(C(C)(C)C(=O)O)ccc1OC. The third kappa shape index (κ3) is 6.09. The maximum atomic E-state index is 11.8. The number of nitrogens with zero attached hydrogens (tertiary/aromatic N) is 2. The van der Waals surface area contributed by atoms with Gasteiger partial charge in [-0.2, -0.15) is 4.98 Å². The Balaban J connectivity index is 2.57. The van der Waals surface area contributed by atoms with Gasteiger partial charge in [0.2, 0.25) is 5.95 Å². The van der Waals surface area contributed by atoms with E-state index in [1.807, 2.05) is 0 Å². The molecule has 32 heavy (non-hydrogen) atoms. The number of anilines is 2. The molecule has 0 fully saturated rings. The van der Waals surface area contributed by atoms with E-state index in [0.717, 1.165) is 24.0 Å². The largest absolute Gasteiger partial charge is 0.496 e. The Bertz CT molecular complexity index is 975. The molecule has 0 amide bonds. The first kappa shape index (κ1) is 24.9. The zero-order valence-corrected chi connectivity index (χ0v) is 19.1. The number of benzene rings is 1. The van der Waals surface area contributed by atoms with E-state index < -0.39 is 17.4 Å². The molecule has 5 N–H and O–H groups in total. The van der Waals surface area contributed by atoms with E-state index in [-0.39, 0.29) is 18.8 Å². The van der Waals surface area contributed by atoms with Crippen molar-refractivity contribution < 1.29 is 24.5 Å². The number of carboxylic acids is 2. The summed E-state index contributed by atoms with van der Waals surface area (Å²) >= 11 is 0. The van der Waals surface area contributed by atoms with Crippen LogP contribution in [0.5, 0.6) is 5.75 Å². The Morgan fingerprint density at radius 3 is 2.53 bits per heavy atom. The number of aliphatic carboxylic acids is 2. The van der Waals surface area contributed by atoms with Crippen LogP contribution in [0.2, 0.25) is 0 Å². The topological polar surface area (TPSA) is 148 Å². The fourth-order valence-corrected chi connectivity index (χ4v) is 3.32. The number of hydrogen-bond donors (Lipinski definition) is 4. The van der Waals surface area contributed by atoms with E-state index in [1.165, 1.54) is 0 Å². The van der Waals surface area contributed by atoms with Gasteiger partial charge in [0.25, 0.3) is 0 Å². The molecule has 0 saturated heterocycles. The molecule has 0 radical (unpaired) electrons. The van der Waals surface area contributed by atoms with Gasteiger partial charge < -0.3 is 26.0 Å². The Morgan fingerprint density at radius 2 is 1.94 bits per heavy atom. The Kier molecular flexibility index (Phi) is 8.40. The molecule has 0 spiro atoms. The van der Waals surface area contributed by atoms with Gasteiger partial charge in [-0.15, -0.1) is 0 Å². The van der Waals surface area contributed by atoms with Crippen molar-refractivity contribution in [3.8, 4) is 5.75 Å². The van der Waals surface area contributed by atoms with Crippen LogP contribution in [-0.4, -0.2) is 45.8 Å². The first-order chi connectivity index (χ1) is 15.1. The van der Waals surface area contributed by atoms with Crippen molar-refractivity contribution in [1.82, 2.24) is 9.97 Å². The number of nitrogens with one attached hydrogen (secondary N) is 1. The average Bonchev–Trinajstić information content (AvgIpc) is 2.73. The highest BCUT2D eigenvalue weighted by molar-refractivity contribution is 5.80. The van der Waals surface area contributed by atoms with E-state index in [2.05, 4.69) is 22.2 Å². The fourth-order valence-electron chi connectivity index (χ4n) is 3.32. The Labute approximate surface area is 188 Å².